The minimum absolute atomic E-state index is 0.00448. The first kappa shape index (κ1) is 25.2. The summed E-state index contributed by atoms with van der Waals surface area (Å²) in [5.41, 5.74) is -0.0990. The Morgan fingerprint density at radius 2 is 1.84 bits per heavy atom. The molecule has 2 aromatic heterocycles. The third-order valence-corrected chi connectivity index (χ3v) is 6.34. The Kier molecular flexibility index (Phi) is 6.93. The van der Waals surface area contributed by atoms with Crippen molar-refractivity contribution in [3.05, 3.63) is 110 Å². The molecular weight excluding hydrogens is 517 g/mol. The van der Waals surface area contributed by atoms with E-state index in [0.717, 1.165) is 16.3 Å². The van der Waals surface area contributed by atoms with Gasteiger partial charge in [-0.15, -0.1) is 0 Å². The number of aromatic nitrogens is 4. The predicted molar refractivity (Wildman–Crippen MR) is 135 cm³/mol. The molecule has 2 heterocycles. The molecule has 194 valence electrons. The van der Waals surface area contributed by atoms with Crippen molar-refractivity contribution in [2.45, 2.75) is 19.5 Å². The van der Waals surface area contributed by atoms with Crippen LogP contribution in [0.5, 0.6) is 11.6 Å². The van der Waals surface area contributed by atoms with E-state index in [-0.39, 0.29) is 30.5 Å². The molecule has 0 saturated heterocycles. The van der Waals surface area contributed by atoms with E-state index >= 15 is 0 Å². The van der Waals surface area contributed by atoms with Gasteiger partial charge < -0.3 is 9.84 Å². The number of hydrogen-bond donors (Lipinski definition) is 2. The number of aliphatic carboxylic acids is 1. The molecule has 38 heavy (non-hydrogen) atoms. The molecule has 0 amide bonds. The molecule has 0 bridgehead atoms. The van der Waals surface area contributed by atoms with Gasteiger partial charge in [-0.2, -0.15) is 0 Å². The Balaban J connectivity index is 1.49. The molecule has 0 aliphatic heterocycles. The number of hydrogen-bond acceptors (Lipinski definition) is 6. The highest BCUT2D eigenvalue weighted by Crippen LogP contribution is 2.39. The van der Waals surface area contributed by atoms with Gasteiger partial charge in [0.05, 0.1) is 24.3 Å². The number of benzene rings is 2. The largest absolute Gasteiger partial charge is 0.481 e. The average molecular weight is 538 g/mol. The molecule has 0 radical (unpaired) electrons. The van der Waals surface area contributed by atoms with Crippen LogP contribution in [0.15, 0.2) is 81.4 Å². The maximum atomic E-state index is 13.4. The lowest BCUT2D eigenvalue weighted by Crippen LogP contribution is -2.50. The van der Waals surface area contributed by atoms with Crippen LogP contribution in [0.3, 0.4) is 0 Å². The molecule has 2 atom stereocenters. The van der Waals surface area contributed by atoms with Crippen molar-refractivity contribution >= 4 is 23.3 Å². The number of rotatable bonds is 8. The Labute approximate surface area is 219 Å². The van der Waals surface area contributed by atoms with Crippen molar-refractivity contribution in [3.63, 3.8) is 0 Å². The fourth-order valence-electron chi connectivity index (χ4n) is 3.96. The minimum Gasteiger partial charge on any atom is -0.481 e. The zero-order chi connectivity index (χ0) is 26.8. The lowest BCUT2D eigenvalue weighted by atomic mass is 10.2. The number of H-pyrrole nitrogens is 1. The Morgan fingerprint density at radius 3 is 2.47 bits per heavy atom. The molecule has 2 N–H and O–H groups in total. The van der Waals surface area contributed by atoms with Gasteiger partial charge in [-0.3, -0.25) is 14.3 Å². The minimum atomic E-state index is -0.942. The number of halogens is 2. The van der Waals surface area contributed by atoms with Crippen molar-refractivity contribution in [2.75, 3.05) is 0 Å². The van der Waals surface area contributed by atoms with E-state index in [0.29, 0.717) is 22.9 Å². The standard InChI is InChI=1S/C26H21ClFN5O5/c27-17-3-1-15(2-4-17)13-32-24(31-25(36)33(26(32)37)14-16-11-21(16)23(34)35)30-19-6-8-20(9-7-19)38-22-10-5-18(28)12-29-22/h1-10,12,16,21H,11,13-14H2,(H,34,35)(H,30,31,36). The first-order valence-corrected chi connectivity index (χ1v) is 12.0. The number of pyridine rings is 1. The van der Waals surface area contributed by atoms with Crippen molar-refractivity contribution in [3.8, 4) is 11.6 Å². The van der Waals surface area contributed by atoms with Crippen LogP contribution >= 0.6 is 11.6 Å². The Morgan fingerprint density at radius 1 is 1.11 bits per heavy atom. The van der Waals surface area contributed by atoms with E-state index in [1.807, 2.05) is 0 Å². The van der Waals surface area contributed by atoms with Crippen molar-refractivity contribution in [2.24, 2.45) is 16.8 Å². The molecule has 5 rings (SSSR count). The number of carbonyl (C=O) groups is 1. The van der Waals surface area contributed by atoms with Gasteiger partial charge in [-0.25, -0.2) is 28.5 Å². The molecule has 1 aliphatic rings. The highest BCUT2D eigenvalue weighted by atomic mass is 35.5. The second kappa shape index (κ2) is 10.5. The maximum Gasteiger partial charge on any atom is 0.335 e. The SMILES string of the molecule is O=C(O)C1CC1Cn1c(=O)[nH]/c(=N\c2ccc(Oc3ccc(F)cn3)cc2)n(Cc2ccc(Cl)cc2)c1=O. The van der Waals surface area contributed by atoms with E-state index < -0.39 is 29.1 Å². The molecule has 0 spiro atoms. The van der Waals surface area contributed by atoms with Gasteiger partial charge in [0.1, 0.15) is 11.6 Å². The zero-order valence-electron chi connectivity index (χ0n) is 19.8. The van der Waals surface area contributed by atoms with Gasteiger partial charge >= 0.3 is 17.3 Å². The molecule has 1 saturated carbocycles. The summed E-state index contributed by atoms with van der Waals surface area (Å²) in [5, 5.41) is 9.74. The summed E-state index contributed by atoms with van der Waals surface area (Å²) in [6.45, 7) is 0.0888. The van der Waals surface area contributed by atoms with Crippen LogP contribution in [0.1, 0.15) is 12.0 Å². The first-order chi connectivity index (χ1) is 18.3. The fourth-order valence-corrected chi connectivity index (χ4v) is 4.08. The number of nitrogens with zero attached hydrogens (tertiary/aromatic N) is 4. The van der Waals surface area contributed by atoms with E-state index in [2.05, 4.69) is 15.0 Å². The summed E-state index contributed by atoms with van der Waals surface area (Å²) < 4.78 is 21.0. The summed E-state index contributed by atoms with van der Waals surface area (Å²) in [7, 11) is 0. The van der Waals surface area contributed by atoms with E-state index in [9.17, 15) is 23.9 Å². The molecule has 4 aromatic rings. The van der Waals surface area contributed by atoms with Gasteiger partial charge in [0.25, 0.3) is 0 Å². The first-order valence-electron chi connectivity index (χ1n) is 11.6. The number of ether oxygens (including phenoxy) is 1. The number of aromatic amines is 1. The molecule has 2 unspecified atom stereocenters. The van der Waals surface area contributed by atoms with Crippen LogP contribution in [-0.2, 0) is 17.9 Å². The zero-order valence-corrected chi connectivity index (χ0v) is 20.5. The number of carboxylic acids is 1. The second-order valence-corrected chi connectivity index (χ2v) is 9.26. The van der Waals surface area contributed by atoms with E-state index in [1.54, 1.807) is 48.5 Å². The Bertz CT molecular complexity index is 1660. The quantitative estimate of drug-likeness (QED) is 0.354. The predicted octanol–water partition coefficient (Wildman–Crippen LogP) is 3.32. The van der Waals surface area contributed by atoms with Crippen LogP contribution in [0.4, 0.5) is 10.1 Å². The van der Waals surface area contributed by atoms with Crippen LogP contribution in [0.25, 0.3) is 0 Å². The maximum absolute atomic E-state index is 13.4. The molecule has 1 aliphatic carbocycles. The lowest BCUT2D eigenvalue weighted by molar-refractivity contribution is -0.138. The third-order valence-electron chi connectivity index (χ3n) is 6.09. The smallest absolute Gasteiger partial charge is 0.335 e. The van der Waals surface area contributed by atoms with Crippen LogP contribution in [0, 0.1) is 17.7 Å². The lowest BCUT2D eigenvalue weighted by Gasteiger charge is -2.11. The van der Waals surface area contributed by atoms with Gasteiger partial charge in [0, 0.05) is 17.6 Å². The van der Waals surface area contributed by atoms with Crippen molar-refractivity contribution in [1.82, 2.24) is 19.1 Å². The van der Waals surface area contributed by atoms with Crippen molar-refractivity contribution in [1.29, 1.82) is 0 Å². The van der Waals surface area contributed by atoms with Gasteiger partial charge in [-0.1, -0.05) is 23.7 Å². The number of carboxylic acid groups (broad SMARTS) is 1. The van der Waals surface area contributed by atoms with Gasteiger partial charge in [0.2, 0.25) is 11.5 Å². The normalized spacial score (nSPS) is 16.8. The molecular formula is C26H21ClFN5O5. The van der Waals surface area contributed by atoms with Crippen LogP contribution in [0.2, 0.25) is 5.02 Å². The van der Waals surface area contributed by atoms with Crippen LogP contribution in [-0.4, -0.2) is 30.2 Å². The van der Waals surface area contributed by atoms with Gasteiger partial charge in [0.15, 0.2) is 0 Å². The van der Waals surface area contributed by atoms with Crippen molar-refractivity contribution < 1.29 is 19.0 Å². The summed E-state index contributed by atoms with van der Waals surface area (Å²) in [4.78, 5) is 48.5. The highest BCUT2D eigenvalue weighted by Gasteiger charge is 2.43. The third kappa shape index (κ3) is 5.73. The molecule has 2 aromatic carbocycles. The van der Waals surface area contributed by atoms with Crippen LogP contribution < -0.4 is 21.7 Å². The summed E-state index contributed by atoms with van der Waals surface area (Å²) in [6.07, 6.45) is 1.45. The molecule has 1 fully saturated rings. The monoisotopic (exact) mass is 537 g/mol. The number of nitrogens with one attached hydrogen (secondary N) is 1. The topological polar surface area (TPSA) is 132 Å². The Hall–Kier alpha value is -4.51. The van der Waals surface area contributed by atoms with Gasteiger partial charge in [-0.05, 0) is 60.4 Å². The van der Waals surface area contributed by atoms with E-state index in [1.165, 1.54) is 16.7 Å². The summed E-state index contributed by atoms with van der Waals surface area (Å²) >= 11 is 5.99. The fraction of sp³-hybridized carbons (Fsp3) is 0.192. The summed E-state index contributed by atoms with van der Waals surface area (Å²) in [6, 6.07) is 16.0. The highest BCUT2D eigenvalue weighted by molar-refractivity contribution is 6.30. The molecule has 10 nitrogen and oxygen atoms in total. The average Bonchev–Trinajstić information content (AvgIpc) is 3.68. The van der Waals surface area contributed by atoms with E-state index in [4.69, 9.17) is 16.3 Å². The molecule has 12 heteroatoms. The second-order valence-electron chi connectivity index (χ2n) is 8.82. The summed E-state index contributed by atoms with van der Waals surface area (Å²) in [5.74, 6) is -1.64.